The number of hydrogen-bond donors (Lipinski definition) is 0. The molecule has 3 nitrogen and oxygen atoms in total. The largest absolute Gasteiger partial charge is 0.468 e. The van der Waals surface area contributed by atoms with E-state index in [4.69, 9.17) is 9.47 Å². The molecule has 1 aromatic rings. The van der Waals surface area contributed by atoms with E-state index in [1.807, 2.05) is 6.92 Å². The van der Waals surface area contributed by atoms with Gasteiger partial charge in [-0.3, -0.25) is 4.79 Å². The van der Waals surface area contributed by atoms with Gasteiger partial charge in [0.2, 0.25) is 0 Å². The summed E-state index contributed by atoms with van der Waals surface area (Å²) in [6, 6.07) is 8.28. The zero-order valence-corrected chi connectivity index (χ0v) is 11.9. The lowest BCUT2D eigenvalue weighted by Crippen LogP contribution is -2.41. The molecule has 1 atom stereocenters. The molecule has 1 aliphatic heterocycles. The first-order chi connectivity index (χ1) is 9.10. The van der Waals surface area contributed by atoms with E-state index in [1.54, 1.807) is 0 Å². The molecule has 0 aliphatic carbocycles. The van der Waals surface area contributed by atoms with E-state index < -0.39 is 5.41 Å². The van der Waals surface area contributed by atoms with Crippen LogP contribution in [0.2, 0.25) is 0 Å². The molecule has 1 heterocycles. The molecule has 19 heavy (non-hydrogen) atoms. The minimum atomic E-state index is -0.574. The van der Waals surface area contributed by atoms with Crippen molar-refractivity contribution < 1.29 is 14.3 Å². The topological polar surface area (TPSA) is 35.5 Å². The van der Waals surface area contributed by atoms with E-state index >= 15 is 0 Å². The minimum absolute atomic E-state index is 0.163. The Kier molecular flexibility index (Phi) is 4.25. The summed E-state index contributed by atoms with van der Waals surface area (Å²) in [4.78, 5) is 12.2. The Balaban J connectivity index is 2.26. The van der Waals surface area contributed by atoms with E-state index in [0.29, 0.717) is 5.92 Å². The Labute approximate surface area is 114 Å². The van der Waals surface area contributed by atoms with Crippen LogP contribution in [0, 0.1) is 5.92 Å². The van der Waals surface area contributed by atoms with Crippen LogP contribution in [0.4, 0.5) is 0 Å². The van der Waals surface area contributed by atoms with Gasteiger partial charge in [0.1, 0.15) is 0 Å². The van der Waals surface area contributed by atoms with Crippen molar-refractivity contribution in [1.29, 1.82) is 0 Å². The maximum Gasteiger partial charge on any atom is 0.316 e. The number of benzene rings is 1. The molecule has 0 bridgehead atoms. The first-order valence-corrected chi connectivity index (χ1v) is 6.85. The predicted molar refractivity (Wildman–Crippen MR) is 74.1 cm³/mol. The highest BCUT2D eigenvalue weighted by atomic mass is 16.5. The van der Waals surface area contributed by atoms with Gasteiger partial charge in [0.15, 0.2) is 0 Å². The first-order valence-electron chi connectivity index (χ1n) is 6.85. The van der Waals surface area contributed by atoms with Crippen LogP contribution in [0.5, 0.6) is 0 Å². The second-order valence-electron chi connectivity index (χ2n) is 5.48. The van der Waals surface area contributed by atoms with Gasteiger partial charge >= 0.3 is 5.97 Å². The molecule has 1 saturated heterocycles. The maximum atomic E-state index is 12.2. The lowest BCUT2D eigenvalue weighted by molar-refractivity contribution is -0.149. The summed E-state index contributed by atoms with van der Waals surface area (Å²) < 4.78 is 10.2. The minimum Gasteiger partial charge on any atom is -0.468 e. The highest BCUT2D eigenvalue weighted by Gasteiger charge is 2.40. The molecule has 104 valence electrons. The van der Waals surface area contributed by atoms with E-state index in [-0.39, 0.29) is 5.97 Å². The fraction of sp³-hybridized carbons (Fsp3) is 0.562. The summed E-state index contributed by atoms with van der Waals surface area (Å²) >= 11 is 0. The molecule has 1 aliphatic rings. The van der Waals surface area contributed by atoms with Crippen LogP contribution in [0.15, 0.2) is 24.3 Å². The molecular weight excluding hydrogens is 240 g/mol. The molecular formula is C16H22O3. The summed E-state index contributed by atoms with van der Waals surface area (Å²) in [6.45, 7) is 5.59. The highest BCUT2D eigenvalue weighted by molar-refractivity contribution is 5.82. The quantitative estimate of drug-likeness (QED) is 0.765. The van der Waals surface area contributed by atoms with Gasteiger partial charge in [0.25, 0.3) is 0 Å². The zero-order chi connectivity index (χ0) is 13.9. The summed E-state index contributed by atoms with van der Waals surface area (Å²) in [5, 5.41) is 0. The average molecular weight is 262 g/mol. The molecule has 0 aromatic heterocycles. The van der Waals surface area contributed by atoms with E-state index in [9.17, 15) is 4.79 Å². The molecule has 1 fully saturated rings. The van der Waals surface area contributed by atoms with Crippen molar-refractivity contribution >= 4 is 5.97 Å². The van der Waals surface area contributed by atoms with Crippen LogP contribution in [0.1, 0.15) is 31.4 Å². The molecule has 0 spiro atoms. The lowest BCUT2D eigenvalue weighted by atomic mass is 9.74. The van der Waals surface area contributed by atoms with Crippen molar-refractivity contribution in [2.24, 2.45) is 5.92 Å². The van der Waals surface area contributed by atoms with Crippen molar-refractivity contribution in [2.75, 3.05) is 20.3 Å². The number of carbonyl (C=O) groups excluding carboxylic acids is 1. The van der Waals surface area contributed by atoms with Crippen LogP contribution in [-0.2, 0) is 26.1 Å². The number of ether oxygens (including phenoxy) is 2. The average Bonchev–Trinajstić information content (AvgIpc) is 2.41. The van der Waals surface area contributed by atoms with Crippen LogP contribution in [0.3, 0.4) is 0 Å². The van der Waals surface area contributed by atoms with Crippen molar-refractivity contribution in [2.45, 2.75) is 32.1 Å². The molecule has 2 rings (SSSR count). The van der Waals surface area contributed by atoms with Crippen LogP contribution < -0.4 is 0 Å². The van der Waals surface area contributed by atoms with Crippen LogP contribution in [0.25, 0.3) is 0 Å². The third-order valence-electron chi connectivity index (χ3n) is 4.04. The number of aryl methyl sites for hydroxylation is 1. The fourth-order valence-corrected chi connectivity index (χ4v) is 2.63. The first kappa shape index (κ1) is 14.1. The number of carbonyl (C=O) groups is 1. The summed E-state index contributed by atoms with van der Waals surface area (Å²) in [5.41, 5.74) is 1.74. The van der Waals surface area contributed by atoms with Gasteiger partial charge in [0, 0.05) is 5.92 Å². The van der Waals surface area contributed by atoms with Gasteiger partial charge in [-0.05, 0) is 30.9 Å². The lowest BCUT2D eigenvalue weighted by Gasteiger charge is -2.35. The van der Waals surface area contributed by atoms with Gasteiger partial charge in [-0.2, -0.15) is 0 Å². The molecule has 0 saturated carbocycles. The summed E-state index contributed by atoms with van der Waals surface area (Å²) in [6.07, 6.45) is 1.79. The van der Waals surface area contributed by atoms with Crippen molar-refractivity contribution in [3.05, 3.63) is 35.4 Å². The molecule has 1 unspecified atom stereocenters. The Bertz CT molecular complexity index is 434. The molecule has 3 heteroatoms. The summed E-state index contributed by atoms with van der Waals surface area (Å²) in [7, 11) is 1.46. The normalized spacial score (nSPS) is 18.5. The Morgan fingerprint density at radius 2 is 2.00 bits per heavy atom. The second kappa shape index (κ2) is 5.74. The van der Waals surface area contributed by atoms with Gasteiger partial charge in [-0.15, -0.1) is 0 Å². The van der Waals surface area contributed by atoms with Gasteiger partial charge in [0.05, 0.1) is 25.7 Å². The maximum absolute atomic E-state index is 12.2. The van der Waals surface area contributed by atoms with E-state index in [1.165, 1.54) is 12.7 Å². The second-order valence-corrected chi connectivity index (χ2v) is 5.48. The number of esters is 1. The Morgan fingerprint density at radius 1 is 1.37 bits per heavy atom. The van der Waals surface area contributed by atoms with Crippen LogP contribution in [-0.4, -0.2) is 26.3 Å². The SMILES string of the molecule is CCc1ccc(C(C)(CC2COC2)C(=O)OC)cc1. The molecule has 0 radical (unpaired) electrons. The van der Waals surface area contributed by atoms with Crippen molar-refractivity contribution in [3.8, 4) is 0 Å². The predicted octanol–water partition coefficient (Wildman–Crippen LogP) is 2.72. The monoisotopic (exact) mass is 262 g/mol. The molecule has 0 amide bonds. The zero-order valence-electron chi connectivity index (χ0n) is 11.9. The summed E-state index contributed by atoms with van der Waals surface area (Å²) in [5.74, 6) is 0.290. The molecule has 1 aromatic carbocycles. The van der Waals surface area contributed by atoms with Crippen molar-refractivity contribution in [3.63, 3.8) is 0 Å². The fourth-order valence-electron chi connectivity index (χ4n) is 2.63. The standard InChI is InChI=1S/C16H22O3/c1-4-12-5-7-14(8-6-12)16(2,15(17)18-3)9-13-10-19-11-13/h5-8,13H,4,9-11H2,1-3H3. The van der Waals surface area contributed by atoms with Crippen LogP contribution >= 0.6 is 0 Å². The number of rotatable bonds is 5. The third kappa shape index (κ3) is 2.81. The number of methoxy groups -OCH3 is 1. The van der Waals surface area contributed by atoms with Gasteiger partial charge in [-0.25, -0.2) is 0 Å². The van der Waals surface area contributed by atoms with Crippen molar-refractivity contribution in [1.82, 2.24) is 0 Å². The number of hydrogen-bond acceptors (Lipinski definition) is 3. The van der Waals surface area contributed by atoms with E-state index in [2.05, 4.69) is 31.2 Å². The highest BCUT2D eigenvalue weighted by Crippen LogP contribution is 2.35. The van der Waals surface area contributed by atoms with Gasteiger partial charge < -0.3 is 9.47 Å². The molecule has 0 N–H and O–H groups in total. The van der Waals surface area contributed by atoms with Gasteiger partial charge in [-0.1, -0.05) is 31.2 Å². The smallest absolute Gasteiger partial charge is 0.316 e. The Hall–Kier alpha value is -1.35. The Morgan fingerprint density at radius 3 is 2.42 bits per heavy atom. The third-order valence-corrected chi connectivity index (χ3v) is 4.04. The van der Waals surface area contributed by atoms with E-state index in [0.717, 1.165) is 31.6 Å².